The molecule has 26 heavy (non-hydrogen) atoms. The first-order valence-corrected chi connectivity index (χ1v) is 9.43. The summed E-state index contributed by atoms with van der Waals surface area (Å²) in [6.07, 6.45) is 2.37. The summed E-state index contributed by atoms with van der Waals surface area (Å²) in [6, 6.07) is 0. The van der Waals surface area contributed by atoms with Crippen molar-refractivity contribution in [3.05, 3.63) is 12.2 Å². The van der Waals surface area contributed by atoms with E-state index in [4.69, 9.17) is 0 Å². The summed E-state index contributed by atoms with van der Waals surface area (Å²) in [7, 11) is 0. The van der Waals surface area contributed by atoms with Crippen molar-refractivity contribution in [3.8, 4) is 0 Å². The Bertz CT molecular complexity index is 516. The van der Waals surface area contributed by atoms with Crippen molar-refractivity contribution >= 4 is 11.6 Å². The van der Waals surface area contributed by atoms with Crippen molar-refractivity contribution in [3.63, 3.8) is 0 Å². The topological polar surface area (TPSA) is 115 Å². The maximum atomic E-state index is 12.8. The Morgan fingerprint density at radius 3 is 2.23 bits per heavy atom. The molecule has 0 unspecified atom stereocenters. The highest BCUT2D eigenvalue weighted by molar-refractivity contribution is 5.86. The lowest BCUT2D eigenvalue weighted by Crippen LogP contribution is -2.45. The van der Waals surface area contributed by atoms with Gasteiger partial charge < -0.3 is 20.4 Å². The van der Waals surface area contributed by atoms with Gasteiger partial charge in [-0.3, -0.25) is 9.59 Å². The van der Waals surface area contributed by atoms with E-state index in [1.807, 2.05) is 19.9 Å². The smallest absolute Gasteiger partial charge is 0.148 e. The molecule has 6 nitrogen and oxygen atoms in total. The van der Waals surface area contributed by atoms with Gasteiger partial charge in [0.25, 0.3) is 0 Å². The van der Waals surface area contributed by atoms with Crippen LogP contribution in [0, 0.1) is 29.1 Å². The van der Waals surface area contributed by atoms with Crippen LogP contribution in [0.3, 0.4) is 0 Å². The minimum atomic E-state index is -1.31. The van der Waals surface area contributed by atoms with Gasteiger partial charge in [-0.2, -0.15) is 0 Å². The highest BCUT2D eigenvalue weighted by Gasteiger charge is 2.59. The minimum absolute atomic E-state index is 0.203. The molecule has 7 atom stereocenters. The molecule has 0 saturated heterocycles. The average Bonchev–Trinajstić information content (AvgIpc) is 3.29. The van der Waals surface area contributed by atoms with Crippen LogP contribution in [0.5, 0.6) is 0 Å². The van der Waals surface area contributed by atoms with Crippen molar-refractivity contribution in [2.75, 3.05) is 13.2 Å². The summed E-state index contributed by atoms with van der Waals surface area (Å²) in [6.45, 7) is 6.33. The molecule has 4 N–H and O–H groups in total. The lowest BCUT2D eigenvalue weighted by atomic mass is 9.78. The predicted molar refractivity (Wildman–Crippen MR) is 98.3 cm³/mol. The molecule has 0 spiro atoms. The van der Waals surface area contributed by atoms with E-state index >= 15 is 0 Å². The van der Waals surface area contributed by atoms with Gasteiger partial charge in [0.15, 0.2) is 0 Å². The molecule has 1 aliphatic carbocycles. The zero-order valence-electron chi connectivity index (χ0n) is 16.3. The molecule has 0 heterocycles. The second kappa shape index (κ2) is 9.74. The Morgan fingerprint density at radius 1 is 1.19 bits per heavy atom. The number of rotatable bonds is 12. The summed E-state index contributed by atoms with van der Waals surface area (Å²) in [5, 5.41) is 40.2. The fourth-order valence-electron chi connectivity index (χ4n) is 3.98. The van der Waals surface area contributed by atoms with E-state index in [-0.39, 0.29) is 30.5 Å². The van der Waals surface area contributed by atoms with Gasteiger partial charge in [0.05, 0.1) is 37.3 Å². The van der Waals surface area contributed by atoms with Gasteiger partial charge in [-0.15, -0.1) is 0 Å². The molecule has 1 rings (SSSR count). The molecule has 0 aliphatic heterocycles. The first-order valence-electron chi connectivity index (χ1n) is 9.43. The minimum Gasteiger partial charge on any atom is -0.396 e. The maximum absolute atomic E-state index is 12.8. The lowest BCUT2D eigenvalue weighted by Gasteiger charge is -2.30. The molecular weight excluding hydrogens is 336 g/mol. The van der Waals surface area contributed by atoms with Crippen LogP contribution in [0.2, 0.25) is 0 Å². The van der Waals surface area contributed by atoms with E-state index in [2.05, 4.69) is 13.0 Å². The van der Waals surface area contributed by atoms with Gasteiger partial charge >= 0.3 is 0 Å². The summed E-state index contributed by atoms with van der Waals surface area (Å²) < 4.78 is 0. The molecule has 0 aromatic carbocycles. The van der Waals surface area contributed by atoms with E-state index in [1.54, 1.807) is 6.92 Å². The first-order chi connectivity index (χ1) is 12.2. The van der Waals surface area contributed by atoms with Gasteiger partial charge in [-0.25, -0.2) is 0 Å². The van der Waals surface area contributed by atoms with Crippen LogP contribution in [-0.4, -0.2) is 57.4 Å². The summed E-state index contributed by atoms with van der Waals surface area (Å²) in [5.41, 5.74) is -0.494. The summed E-state index contributed by atoms with van der Waals surface area (Å²) in [4.78, 5) is 24.3. The van der Waals surface area contributed by atoms with E-state index in [9.17, 15) is 30.0 Å². The third-order valence-corrected chi connectivity index (χ3v) is 5.95. The van der Waals surface area contributed by atoms with Crippen molar-refractivity contribution in [1.82, 2.24) is 0 Å². The monoisotopic (exact) mass is 370 g/mol. The number of aliphatic hydroxyl groups excluding tert-OH is 4. The van der Waals surface area contributed by atoms with Gasteiger partial charge in [0, 0.05) is 12.8 Å². The van der Waals surface area contributed by atoms with Crippen LogP contribution >= 0.6 is 0 Å². The molecule has 1 fully saturated rings. The van der Waals surface area contributed by atoms with Crippen molar-refractivity contribution in [2.24, 2.45) is 29.1 Å². The van der Waals surface area contributed by atoms with Gasteiger partial charge in [-0.1, -0.05) is 32.9 Å². The second-order valence-electron chi connectivity index (χ2n) is 7.79. The van der Waals surface area contributed by atoms with Crippen LogP contribution in [0.4, 0.5) is 0 Å². The molecule has 0 radical (unpaired) electrons. The number of hydrogen-bond acceptors (Lipinski definition) is 6. The average molecular weight is 370 g/mol. The molecule has 0 amide bonds. The zero-order chi connectivity index (χ0) is 20.1. The molecule has 150 valence electrons. The number of aliphatic hydroxyl groups is 4. The molecular formula is C20H34O6. The van der Waals surface area contributed by atoms with Gasteiger partial charge in [0.1, 0.15) is 11.6 Å². The molecule has 0 aromatic heterocycles. The Balaban J connectivity index is 2.88. The summed E-state index contributed by atoms with van der Waals surface area (Å²) >= 11 is 0. The SMILES string of the molecule is C/C=C\[C@H](C)[C@H]1C[C@]1(C)[C@@H](O)[C@@H](CO)C(=O)[C@H](CO)[C@@H](O)CC(=O)CC. The number of allylic oxidation sites excluding steroid dienone is 2. The third-order valence-electron chi connectivity index (χ3n) is 5.95. The highest BCUT2D eigenvalue weighted by atomic mass is 16.3. The zero-order valence-corrected chi connectivity index (χ0v) is 16.3. The Kier molecular flexibility index (Phi) is 8.60. The molecule has 6 heteroatoms. The molecule has 1 aliphatic rings. The normalized spacial score (nSPS) is 28.4. The number of ketones is 2. The van der Waals surface area contributed by atoms with Crippen LogP contribution in [0.25, 0.3) is 0 Å². The number of carbonyl (C=O) groups is 2. The van der Waals surface area contributed by atoms with E-state index in [0.717, 1.165) is 6.42 Å². The summed E-state index contributed by atoms with van der Waals surface area (Å²) in [5.74, 6) is -2.63. The van der Waals surface area contributed by atoms with Gasteiger partial charge in [-0.05, 0) is 30.6 Å². The van der Waals surface area contributed by atoms with E-state index in [0.29, 0.717) is 0 Å². The predicted octanol–water partition coefficient (Wildman–Crippen LogP) is 1.10. The molecule has 0 aromatic rings. The standard InChI is InChI=1S/C20H34O6/c1-5-7-12(3)16-9-20(16,4)19(26)15(11-22)18(25)14(10-21)17(24)8-13(23)6-2/h5,7,12,14-17,19,21-22,24,26H,6,8-11H2,1-4H3/b7-5-/t12-,14+,15-,16+,17-,19-,20-/m0/s1. The number of Topliss-reactive ketones (excluding diaryl/α,β-unsaturated/α-hetero) is 2. The number of hydrogen-bond donors (Lipinski definition) is 4. The van der Waals surface area contributed by atoms with Crippen molar-refractivity contribution < 1.29 is 30.0 Å². The largest absolute Gasteiger partial charge is 0.396 e. The maximum Gasteiger partial charge on any atom is 0.148 e. The number of carbonyl (C=O) groups excluding carboxylic acids is 2. The highest BCUT2D eigenvalue weighted by Crippen LogP contribution is 2.60. The van der Waals surface area contributed by atoms with Crippen LogP contribution in [0.1, 0.15) is 47.0 Å². The van der Waals surface area contributed by atoms with Crippen molar-refractivity contribution in [1.29, 1.82) is 0 Å². The van der Waals surface area contributed by atoms with E-state index in [1.165, 1.54) is 0 Å². The van der Waals surface area contributed by atoms with Crippen LogP contribution in [-0.2, 0) is 9.59 Å². The second-order valence-corrected chi connectivity index (χ2v) is 7.79. The van der Waals surface area contributed by atoms with Gasteiger partial charge in [0.2, 0.25) is 0 Å². The molecule has 1 saturated carbocycles. The first kappa shape index (κ1) is 23.0. The Labute approximate surface area is 155 Å². The fraction of sp³-hybridized carbons (Fsp3) is 0.800. The fourth-order valence-corrected chi connectivity index (χ4v) is 3.98. The third kappa shape index (κ3) is 5.00. The quantitative estimate of drug-likeness (QED) is 0.383. The van der Waals surface area contributed by atoms with Crippen LogP contribution < -0.4 is 0 Å². The molecule has 0 bridgehead atoms. The van der Waals surface area contributed by atoms with Crippen molar-refractivity contribution in [2.45, 2.75) is 59.2 Å². The lowest BCUT2D eigenvalue weighted by molar-refractivity contribution is -0.141. The van der Waals surface area contributed by atoms with E-state index < -0.39 is 48.5 Å². The van der Waals surface area contributed by atoms with Crippen LogP contribution in [0.15, 0.2) is 12.2 Å². The Morgan fingerprint density at radius 2 is 1.77 bits per heavy atom. The Hall–Kier alpha value is -1.08.